The number of carbonyl (C=O) groups is 1. The van der Waals surface area contributed by atoms with Crippen LogP contribution in [0.4, 0.5) is 0 Å². The second-order valence-corrected chi connectivity index (χ2v) is 10.1. The van der Waals surface area contributed by atoms with Crippen molar-refractivity contribution in [3.05, 3.63) is 53.9 Å². The Balaban J connectivity index is 2.08. The molecule has 0 fully saturated rings. The van der Waals surface area contributed by atoms with E-state index in [4.69, 9.17) is 4.74 Å². The largest absolute Gasteiger partial charge is 0.487 e. The molecule has 0 spiro atoms. The number of carbonyl (C=O) groups excluding carboxylic acids is 1. The highest BCUT2D eigenvalue weighted by Gasteiger charge is 2.38. The zero-order valence-corrected chi connectivity index (χ0v) is 20.0. The van der Waals surface area contributed by atoms with Crippen LogP contribution in [-0.4, -0.2) is 72.5 Å². The van der Waals surface area contributed by atoms with Gasteiger partial charge in [-0.05, 0) is 43.2 Å². The van der Waals surface area contributed by atoms with E-state index in [9.17, 15) is 18.3 Å². The molecule has 2 aromatic rings. The van der Waals surface area contributed by atoms with Crippen LogP contribution in [0.2, 0.25) is 0 Å². The molecule has 1 aliphatic heterocycles. The Bertz CT molecular complexity index is 1160. The Morgan fingerprint density at radius 1 is 1.33 bits per heavy atom. The van der Waals surface area contributed by atoms with E-state index < -0.39 is 22.2 Å². The van der Waals surface area contributed by atoms with Gasteiger partial charge in [0.1, 0.15) is 22.4 Å². The molecule has 1 amide bonds. The standard InChI is InChI=1S/C24H29N3O5S/c1-17-14-27(18(2)16-28)33(30,31)24-11-9-20(8-10-21-7-5-6-12-25-21)13-22(24)32-23(17)15-26(4)19(3)29/h5-7,9,11-13,17-18,23,28H,14-16H2,1-4H3/t17-,18-,23+/m1/s1. The molecular weight excluding hydrogens is 442 g/mol. The number of nitrogens with zero attached hydrogens (tertiary/aromatic N) is 3. The molecule has 1 aliphatic rings. The summed E-state index contributed by atoms with van der Waals surface area (Å²) in [7, 11) is -2.25. The molecule has 3 rings (SSSR count). The number of pyridine rings is 1. The number of fused-ring (bicyclic) bond motifs is 1. The third kappa shape index (κ3) is 5.71. The first kappa shape index (κ1) is 24.7. The zero-order chi connectivity index (χ0) is 24.2. The van der Waals surface area contributed by atoms with Crippen molar-refractivity contribution in [2.24, 2.45) is 5.92 Å². The number of likely N-dealkylation sites (N-methyl/N-ethyl adjacent to an activating group) is 1. The summed E-state index contributed by atoms with van der Waals surface area (Å²) in [5.41, 5.74) is 1.17. The molecule has 3 atom stereocenters. The molecule has 0 aliphatic carbocycles. The number of ether oxygens (including phenoxy) is 1. The summed E-state index contributed by atoms with van der Waals surface area (Å²) in [6.45, 7) is 5.14. The number of benzene rings is 1. The lowest BCUT2D eigenvalue weighted by Crippen LogP contribution is -2.50. The highest BCUT2D eigenvalue weighted by atomic mass is 32.2. The Kier molecular flexibility index (Phi) is 7.74. The molecule has 0 saturated carbocycles. The number of hydrogen-bond acceptors (Lipinski definition) is 6. The molecule has 2 heterocycles. The van der Waals surface area contributed by atoms with Gasteiger partial charge in [-0.1, -0.05) is 18.9 Å². The van der Waals surface area contributed by atoms with E-state index in [0.717, 1.165) is 0 Å². The summed E-state index contributed by atoms with van der Waals surface area (Å²) in [6.07, 6.45) is 1.19. The fourth-order valence-corrected chi connectivity index (χ4v) is 5.32. The topological polar surface area (TPSA) is 100 Å². The summed E-state index contributed by atoms with van der Waals surface area (Å²) in [6, 6.07) is 9.51. The monoisotopic (exact) mass is 471 g/mol. The lowest BCUT2D eigenvalue weighted by atomic mass is 10.0. The number of rotatable bonds is 4. The third-order valence-electron chi connectivity index (χ3n) is 5.66. The van der Waals surface area contributed by atoms with E-state index in [2.05, 4.69) is 16.8 Å². The van der Waals surface area contributed by atoms with Crippen LogP contribution in [0.25, 0.3) is 0 Å². The van der Waals surface area contributed by atoms with Gasteiger partial charge in [-0.3, -0.25) is 4.79 Å². The fourth-order valence-electron chi connectivity index (χ4n) is 3.49. The van der Waals surface area contributed by atoms with Crippen LogP contribution < -0.4 is 4.74 Å². The van der Waals surface area contributed by atoms with E-state index in [1.54, 1.807) is 49.3 Å². The molecule has 1 aromatic heterocycles. The van der Waals surface area contributed by atoms with Crippen molar-refractivity contribution < 1.29 is 23.1 Å². The van der Waals surface area contributed by atoms with Crippen LogP contribution in [0, 0.1) is 17.8 Å². The Hall–Kier alpha value is -2.93. The van der Waals surface area contributed by atoms with Crippen LogP contribution in [0.15, 0.2) is 47.5 Å². The summed E-state index contributed by atoms with van der Waals surface area (Å²) < 4.78 is 34.5. The van der Waals surface area contributed by atoms with E-state index >= 15 is 0 Å². The highest BCUT2D eigenvalue weighted by Crippen LogP contribution is 2.34. The van der Waals surface area contributed by atoms with E-state index in [1.165, 1.54) is 17.3 Å². The van der Waals surface area contributed by atoms with Gasteiger partial charge in [-0.2, -0.15) is 4.31 Å². The number of aromatic nitrogens is 1. The van der Waals surface area contributed by atoms with Crippen molar-refractivity contribution in [3.63, 3.8) is 0 Å². The maximum absolute atomic E-state index is 13.5. The predicted molar refractivity (Wildman–Crippen MR) is 124 cm³/mol. The molecule has 9 heteroatoms. The van der Waals surface area contributed by atoms with E-state index in [-0.39, 0.29) is 35.6 Å². The second kappa shape index (κ2) is 10.3. The lowest BCUT2D eigenvalue weighted by Gasteiger charge is -2.37. The van der Waals surface area contributed by atoms with E-state index in [1.807, 2.05) is 13.0 Å². The number of aliphatic hydroxyl groups is 1. The average Bonchev–Trinajstić information content (AvgIpc) is 2.79. The van der Waals surface area contributed by atoms with Gasteiger partial charge in [0.05, 0.1) is 13.2 Å². The molecule has 0 radical (unpaired) electrons. The predicted octanol–water partition coefficient (Wildman–Crippen LogP) is 1.73. The number of hydrogen-bond donors (Lipinski definition) is 1. The number of aliphatic hydroxyl groups excluding tert-OH is 1. The Morgan fingerprint density at radius 3 is 2.73 bits per heavy atom. The van der Waals surface area contributed by atoms with Gasteiger partial charge in [0.15, 0.2) is 0 Å². The summed E-state index contributed by atoms with van der Waals surface area (Å²) in [5.74, 6) is 5.77. The van der Waals surface area contributed by atoms with Gasteiger partial charge >= 0.3 is 0 Å². The lowest BCUT2D eigenvalue weighted by molar-refractivity contribution is -0.129. The smallest absolute Gasteiger partial charge is 0.247 e. The van der Waals surface area contributed by atoms with Crippen molar-refractivity contribution in [2.75, 3.05) is 26.7 Å². The fraction of sp³-hybridized carbons (Fsp3) is 0.417. The Labute approximate surface area is 195 Å². The normalized spacial score (nSPS) is 20.8. The molecule has 0 saturated heterocycles. The number of amides is 1. The maximum atomic E-state index is 13.5. The van der Waals surface area contributed by atoms with Gasteiger partial charge in [-0.15, -0.1) is 0 Å². The van der Waals surface area contributed by atoms with Crippen LogP contribution in [0.3, 0.4) is 0 Å². The molecule has 0 bridgehead atoms. The molecule has 0 unspecified atom stereocenters. The first-order valence-electron chi connectivity index (χ1n) is 10.7. The highest BCUT2D eigenvalue weighted by molar-refractivity contribution is 7.89. The SMILES string of the molecule is CC(=O)N(C)C[C@@H]1Oc2cc(C#Cc3ccccn3)ccc2S(=O)(=O)N([C@H](C)CO)C[C@H]1C. The minimum Gasteiger partial charge on any atom is -0.487 e. The molecular formula is C24H29N3O5S. The Morgan fingerprint density at radius 2 is 2.09 bits per heavy atom. The minimum absolute atomic E-state index is 0.00793. The maximum Gasteiger partial charge on any atom is 0.247 e. The zero-order valence-electron chi connectivity index (χ0n) is 19.2. The molecule has 1 N–H and O–H groups in total. The van der Waals surface area contributed by atoms with Crippen molar-refractivity contribution in [2.45, 2.75) is 37.8 Å². The van der Waals surface area contributed by atoms with Gasteiger partial charge in [-0.25, -0.2) is 13.4 Å². The van der Waals surface area contributed by atoms with Crippen LogP contribution >= 0.6 is 0 Å². The van der Waals surface area contributed by atoms with Crippen molar-refractivity contribution in [1.82, 2.24) is 14.2 Å². The van der Waals surface area contributed by atoms with Crippen molar-refractivity contribution in [1.29, 1.82) is 0 Å². The summed E-state index contributed by atoms with van der Waals surface area (Å²) in [4.78, 5) is 17.6. The first-order valence-corrected chi connectivity index (χ1v) is 12.2. The minimum atomic E-state index is -3.93. The van der Waals surface area contributed by atoms with Gasteiger partial charge in [0, 0.05) is 44.2 Å². The molecule has 1 aromatic carbocycles. The van der Waals surface area contributed by atoms with Crippen LogP contribution in [0.5, 0.6) is 5.75 Å². The summed E-state index contributed by atoms with van der Waals surface area (Å²) >= 11 is 0. The van der Waals surface area contributed by atoms with Crippen molar-refractivity contribution in [3.8, 4) is 17.6 Å². The molecule has 176 valence electrons. The van der Waals surface area contributed by atoms with Crippen molar-refractivity contribution >= 4 is 15.9 Å². The third-order valence-corrected chi connectivity index (χ3v) is 7.68. The average molecular weight is 472 g/mol. The first-order chi connectivity index (χ1) is 15.6. The summed E-state index contributed by atoms with van der Waals surface area (Å²) in [5, 5.41) is 9.71. The van der Waals surface area contributed by atoms with Gasteiger partial charge in [0.2, 0.25) is 15.9 Å². The van der Waals surface area contributed by atoms with Gasteiger partial charge < -0.3 is 14.7 Å². The molecule has 8 nitrogen and oxygen atoms in total. The van der Waals surface area contributed by atoms with E-state index in [0.29, 0.717) is 17.8 Å². The van der Waals surface area contributed by atoms with Crippen LogP contribution in [-0.2, 0) is 14.8 Å². The van der Waals surface area contributed by atoms with Crippen LogP contribution in [0.1, 0.15) is 32.0 Å². The molecule has 33 heavy (non-hydrogen) atoms. The van der Waals surface area contributed by atoms with Gasteiger partial charge in [0.25, 0.3) is 0 Å². The number of sulfonamides is 1. The second-order valence-electron chi connectivity index (χ2n) is 8.27. The quantitative estimate of drug-likeness (QED) is 0.682.